The zero-order chi connectivity index (χ0) is 10.6. The van der Waals surface area contributed by atoms with E-state index in [-0.39, 0.29) is 0 Å². The van der Waals surface area contributed by atoms with E-state index in [1.54, 1.807) is 13.0 Å². The maximum Gasteiger partial charge on any atom is 0.310 e. The minimum absolute atomic E-state index is 0.435. The molecular formula is C12H14O2. The van der Waals surface area contributed by atoms with Crippen LogP contribution in [0.5, 0.6) is 0 Å². The number of benzene rings is 1. The van der Waals surface area contributed by atoms with Crippen LogP contribution < -0.4 is 0 Å². The third-order valence-corrected chi connectivity index (χ3v) is 2.12. The molecule has 2 heteroatoms. The first-order valence-corrected chi connectivity index (χ1v) is 4.58. The van der Waals surface area contributed by atoms with E-state index in [1.165, 1.54) is 0 Å². The van der Waals surface area contributed by atoms with Gasteiger partial charge in [0, 0.05) is 0 Å². The molecule has 0 aromatic heterocycles. The number of carbonyl (C=O) groups is 1. The molecule has 74 valence electrons. The standard InChI is InChI=1S/C12H14O2/c1-9(8-10(2)12(13)14)11-6-4-3-5-7-11/h3-8,10H,1-2H3,(H,13,14)/b9-8+/t10-/m0/s1. The minimum Gasteiger partial charge on any atom is -0.481 e. The average molecular weight is 190 g/mol. The molecule has 0 aliphatic rings. The Labute approximate surface area is 83.9 Å². The van der Waals surface area contributed by atoms with Crippen molar-refractivity contribution in [2.45, 2.75) is 13.8 Å². The molecule has 1 aromatic carbocycles. The summed E-state index contributed by atoms with van der Waals surface area (Å²) in [4.78, 5) is 10.6. The van der Waals surface area contributed by atoms with Crippen molar-refractivity contribution in [1.29, 1.82) is 0 Å². The Morgan fingerprint density at radius 1 is 1.36 bits per heavy atom. The number of rotatable bonds is 3. The molecule has 0 saturated carbocycles. The molecule has 0 spiro atoms. The molecule has 0 fully saturated rings. The van der Waals surface area contributed by atoms with E-state index < -0.39 is 11.9 Å². The number of carboxylic acid groups (broad SMARTS) is 1. The highest BCUT2D eigenvalue weighted by molar-refractivity contribution is 5.75. The highest BCUT2D eigenvalue weighted by Crippen LogP contribution is 2.15. The molecule has 1 atom stereocenters. The number of hydrogen-bond donors (Lipinski definition) is 1. The molecule has 0 bridgehead atoms. The molecule has 1 rings (SSSR count). The van der Waals surface area contributed by atoms with Gasteiger partial charge in [-0.25, -0.2) is 0 Å². The van der Waals surface area contributed by atoms with Crippen molar-refractivity contribution in [1.82, 2.24) is 0 Å². The summed E-state index contributed by atoms with van der Waals surface area (Å²) in [5.74, 6) is -1.23. The third kappa shape index (κ3) is 2.73. The van der Waals surface area contributed by atoms with Gasteiger partial charge in [0.15, 0.2) is 0 Å². The summed E-state index contributed by atoms with van der Waals surface area (Å²) in [6.07, 6.45) is 1.76. The van der Waals surface area contributed by atoms with Crippen LogP contribution in [0.25, 0.3) is 5.57 Å². The van der Waals surface area contributed by atoms with Gasteiger partial charge in [-0.15, -0.1) is 0 Å². The Bertz CT molecular complexity index is 339. The van der Waals surface area contributed by atoms with Crippen molar-refractivity contribution in [3.63, 3.8) is 0 Å². The van der Waals surface area contributed by atoms with E-state index in [0.29, 0.717) is 0 Å². The zero-order valence-corrected chi connectivity index (χ0v) is 8.40. The number of carboxylic acids is 1. The third-order valence-electron chi connectivity index (χ3n) is 2.12. The SMILES string of the molecule is C/C(=C\[C@H](C)C(=O)O)c1ccccc1. The monoisotopic (exact) mass is 190 g/mol. The summed E-state index contributed by atoms with van der Waals surface area (Å²) in [7, 11) is 0. The highest BCUT2D eigenvalue weighted by Gasteiger charge is 2.07. The quantitative estimate of drug-likeness (QED) is 0.795. The Morgan fingerprint density at radius 3 is 2.43 bits per heavy atom. The van der Waals surface area contributed by atoms with Gasteiger partial charge in [0.1, 0.15) is 0 Å². The summed E-state index contributed by atoms with van der Waals surface area (Å²) in [6.45, 7) is 3.60. The van der Waals surface area contributed by atoms with Gasteiger partial charge in [-0.05, 0) is 25.0 Å². The highest BCUT2D eigenvalue weighted by atomic mass is 16.4. The van der Waals surface area contributed by atoms with E-state index >= 15 is 0 Å². The average Bonchev–Trinajstić information content (AvgIpc) is 2.19. The van der Waals surface area contributed by atoms with Crippen LogP contribution in [0.1, 0.15) is 19.4 Å². The molecule has 2 nitrogen and oxygen atoms in total. The molecule has 0 heterocycles. The van der Waals surface area contributed by atoms with Crippen molar-refractivity contribution < 1.29 is 9.90 Å². The first kappa shape index (κ1) is 10.5. The summed E-state index contributed by atoms with van der Waals surface area (Å²) >= 11 is 0. The smallest absolute Gasteiger partial charge is 0.310 e. The van der Waals surface area contributed by atoms with Gasteiger partial charge in [0.2, 0.25) is 0 Å². The second-order valence-corrected chi connectivity index (χ2v) is 3.34. The lowest BCUT2D eigenvalue weighted by molar-refractivity contribution is -0.139. The van der Waals surface area contributed by atoms with Crippen LogP contribution in [0.3, 0.4) is 0 Å². The van der Waals surface area contributed by atoms with E-state index in [4.69, 9.17) is 5.11 Å². The molecule has 0 saturated heterocycles. The molecule has 0 radical (unpaired) electrons. The molecule has 0 aliphatic heterocycles. The number of aliphatic carboxylic acids is 1. The number of allylic oxidation sites excluding steroid dienone is 1. The topological polar surface area (TPSA) is 37.3 Å². The molecular weight excluding hydrogens is 176 g/mol. The molecule has 1 N–H and O–H groups in total. The lowest BCUT2D eigenvalue weighted by Gasteiger charge is -2.03. The van der Waals surface area contributed by atoms with Gasteiger partial charge in [-0.3, -0.25) is 4.79 Å². The van der Waals surface area contributed by atoms with Gasteiger partial charge in [0.25, 0.3) is 0 Å². The molecule has 1 aromatic rings. The Kier molecular flexibility index (Phi) is 3.46. The molecule has 0 amide bonds. The normalized spacial score (nSPS) is 13.7. The fourth-order valence-electron chi connectivity index (χ4n) is 1.24. The van der Waals surface area contributed by atoms with Crippen molar-refractivity contribution in [3.05, 3.63) is 42.0 Å². The fraction of sp³-hybridized carbons (Fsp3) is 0.250. The summed E-state index contributed by atoms with van der Waals surface area (Å²) in [6, 6.07) is 9.77. The zero-order valence-electron chi connectivity index (χ0n) is 8.40. The van der Waals surface area contributed by atoms with Crippen LogP contribution in [-0.4, -0.2) is 11.1 Å². The second kappa shape index (κ2) is 4.61. The molecule has 14 heavy (non-hydrogen) atoms. The second-order valence-electron chi connectivity index (χ2n) is 3.34. The Morgan fingerprint density at radius 2 is 1.93 bits per heavy atom. The Balaban J connectivity index is 2.85. The van der Waals surface area contributed by atoms with Crippen LogP contribution in [0.4, 0.5) is 0 Å². The first-order chi connectivity index (χ1) is 6.61. The molecule has 0 unspecified atom stereocenters. The van der Waals surface area contributed by atoms with Crippen molar-refractivity contribution >= 4 is 11.5 Å². The lowest BCUT2D eigenvalue weighted by Crippen LogP contribution is -2.06. The van der Waals surface area contributed by atoms with Crippen LogP contribution in [-0.2, 0) is 4.79 Å². The van der Waals surface area contributed by atoms with Gasteiger partial charge in [-0.2, -0.15) is 0 Å². The van der Waals surface area contributed by atoms with Crippen LogP contribution in [0, 0.1) is 5.92 Å². The summed E-state index contributed by atoms with van der Waals surface area (Å²) in [5.41, 5.74) is 2.07. The van der Waals surface area contributed by atoms with Crippen molar-refractivity contribution in [2.75, 3.05) is 0 Å². The minimum atomic E-state index is -0.791. The summed E-state index contributed by atoms with van der Waals surface area (Å²) in [5, 5.41) is 8.73. The summed E-state index contributed by atoms with van der Waals surface area (Å²) < 4.78 is 0. The first-order valence-electron chi connectivity index (χ1n) is 4.58. The van der Waals surface area contributed by atoms with Gasteiger partial charge < -0.3 is 5.11 Å². The van der Waals surface area contributed by atoms with E-state index in [2.05, 4.69) is 0 Å². The maximum absolute atomic E-state index is 10.6. The van der Waals surface area contributed by atoms with E-state index in [0.717, 1.165) is 11.1 Å². The van der Waals surface area contributed by atoms with Gasteiger partial charge in [0.05, 0.1) is 5.92 Å². The largest absolute Gasteiger partial charge is 0.481 e. The van der Waals surface area contributed by atoms with Crippen molar-refractivity contribution in [2.24, 2.45) is 5.92 Å². The van der Waals surface area contributed by atoms with Gasteiger partial charge >= 0.3 is 5.97 Å². The van der Waals surface area contributed by atoms with Gasteiger partial charge in [-0.1, -0.05) is 36.4 Å². The Hall–Kier alpha value is -1.57. The maximum atomic E-state index is 10.6. The van der Waals surface area contributed by atoms with Crippen LogP contribution in [0.2, 0.25) is 0 Å². The van der Waals surface area contributed by atoms with Crippen molar-refractivity contribution in [3.8, 4) is 0 Å². The van der Waals surface area contributed by atoms with E-state index in [1.807, 2.05) is 37.3 Å². The number of hydrogen-bond acceptors (Lipinski definition) is 1. The van der Waals surface area contributed by atoms with Crippen LogP contribution >= 0.6 is 0 Å². The predicted molar refractivity (Wildman–Crippen MR) is 56.9 cm³/mol. The lowest BCUT2D eigenvalue weighted by atomic mass is 10.0. The predicted octanol–water partition coefficient (Wildman–Crippen LogP) is 2.81. The van der Waals surface area contributed by atoms with Crippen LogP contribution in [0.15, 0.2) is 36.4 Å². The molecule has 0 aliphatic carbocycles. The van der Waals surface area contributed by atoms with E-state index in [9.17, 15) is 4.79 Å². The fourth-order valence-corrected chi connectivity index (χ4v) is 1.24.